The van der Waals surface area contributed by atoms with Crippen LogP contribution in [0.1, 0.15) is 15.9 Å². The third-order valence-corrected chi connectivity index (χ3v) is 6.58. The number of nitrogens with one attached hydrogen (secondary N) is 2. The van der Waals surface area contributed by atoms with Crippen molar-refractivity contribution in [2.24, 2.45) is 4.99 Å². The topological polar surface area (TPSA) is 56.7 Å². The lowest BCUT2D eigenvalue weighted by Crippen LogP contribution is -2.65. The number of aliphatic imine (C=N–C) groups is 1. The van der Waals surface area contributed by atoms with Crippen LogP contribution in [-0.4, -0.2) is 54.5 Å². The van der Waals surface area contributed by atoms with Crippen LogP contribution in [0.5, 0.6) is 0 Å². The maximum Gasteiger partial charge on any atom is 0.296 e. The Kier molecular flexibility index (Phi) is 5.74. The minimum Gasteiger partial charge on any atom is -0.353 e. The van der Waals surface area contributed by atoms with Crippen molar-refractivity contribution in [3.05, 3.63) is 87.9 Å². The van der Waals surface area contributed by atoms with Gasteiger partial charge in [0.2, 0.25) is 0 Å². The molecule has 168 valence electrons. The van der Waals surface area contributed by atoms with E-state index in [1.54, 1.807) is 24.3 Å². The van der Waals surface area contributed by atoms with E-state index in [2.05, 4.69) is 27.8 Å². The zero-order chi connectivity index (χ0) is 23.0. The quantitative estimate of drug-likeness (QED) is 0.493. The fraction of sp³-hybridized carbons (Fsp3) is 0.200. The third-order valence-electron chi connectivity index (χ3n) is 6.11. The molecule has 0 aromatic heterocycles. The van der Waals surface area contributed by atoms with Gasteiger partial charge in [0.25, 0.3) is 5.91 Å². The molecule has 2 N–H and O–H groups in total. The predicted octanol–water partition coefficient (Wildman–Crippen LogP) is 5.24. The highest BCUT2D eigenvalue weighted by atomic mass is 35.5. The summed E-state index contributed by atoms with van der Waals surface area (Å²) in [6, 6.07) is 20.9. The number of para-hydroxylation sites is 1. The van der Waals surface area contributed by atoms with Crippen molar-refractivity contribution in [2.45, 2.75) is 0 Å². The van der Waals surface area contributed by atoms with Gasteiger partial charge in [-0.25, -0.2) is 9.58 Å². The molecular formula is C25H24Cl2N5O+. The lowest BCUT2D eigenvalue weighted by Gasteiger charge is -2.42. The first-order chi connectivity index (χ1) is 15.9. The fourth-order valence-electron chi connectivity index (χ4n) is 4.22. The van der Waals surface area contributed by atoms with Gasteiger partial charge in [-0.05, 0) is 48.5 Å². The third kappa shape index (κ3) is 4.55. The summed E-state index contributed by atoms with van der Waals surface area (Å²) >= 11 is 12.3. The van der Waals surface area contributed by atoms with Gasteiger partial charge in [-0.1, -0.05) is 41.4 Å². The zero-order valence-electron chi connectivity index (χ0n) is 18.2. The first kappa shape index (κ1) is 21.8. The first-order valence-corrected chi connectivity index (χ1v) is 11.6. The van der Waals surface area contributed by atoms with Crippen LogP contribution in [0.3, 0.4) is 0 Å². The van der Waals surface area contributed by atoms with E-state index >= 15 is 0 Å². The summed E-state index contributed by atoms with van der Waals surface area (Å²) < 4.78 is 0.442. The number of likely N-dealkylation sites (N-methyl/N-ethyl adjacent to an activating group) is 1. The molecule has 0 aliphatic carbocycles. The highest BCUT2D eigenvalue weighted by Gasteiger charge is 2.34. The van der Waals surface area contributed by atoms with E-state index in [0.29, 0.717) is 20.2 Å². The Morgan fingerprint density at radius 3 is 2.52 bits per heavy atom. The molecule has 5 rings (SSSR count). The second kappa shape index (κ2) is 8.71. The van der Waals surface area contributed by atoms with Crippen molar-refractivity contribution in [2.75, 3.05) is 38.5 Å². The first-order valence-electron chi connectivity index (χ1n) is 10.8. The molecule has 2 heterocycles. The van der Waals surface area contributed by atoms with Crippen molar-refractivity contribution in [1.29, 1.82) is 0 Å². The van der Waals surface area contributed by atoms with E-state index in [4.69, 9.17) is 28.2 Å². The van der Waals surface area contributed by atoms with Gasteiger partial charge in [-0.2, -0.15) is 5.43 Å². The number of amidine groups is 1. The minimum atomic E-state index is -0.127. The molecule has 2 aliphatic rings. The van der Waals surface area contributed by atoms with E-state index in [1.165, 1.54) is 0 Å². The van der Waals surface area contributed by atoms with Gasteiger partial charge in [0.15, 0.2) is 0 Å². The molecule has 1 saturated heterocycles. The Morgan fingerprint density at radius 1 is 0.970 bits per heavy atom. The van der Waals surface area contributed by atoms with Crippen molar-refractivity contribution in [3.8, 4) is 0 Å². The number of amides is 1. The molecule has 8 heteroatoms. The number of halogens is 2. The van der Waals surface area contributed by atoms with Crippen LogP contribution < -0.4 is 10.7 Å². The van der Waals surface area contributed by atoms with E-state index in [1.807, 2.05) is 37.4 Å². The van der Waals surface area contributed by atoms with Crippen LogP contribution in [0.2, 0.25) is 10.0 Å². The smallest absolute Gasteiger partial charge is 0.296 e. The molecule has 2 aliphatic heterocycles. The largest absolute Gasteiger partial charge is 0.353 e. The van der Waals surface area contributed by atoms with E-state index < -0.39 is 0 Å². The summed E-state index contributed by atoms with van der Waals surface area (Å²) in [4.78, 5) is 20.1. The summed E-state index contributed by atoms with van der Waals surface area (Å²) in [7, 11) is 2.04. The summed E-state index contributed by atoms with van der Waals surface area (Å²) in [6.07, 6.45) is 0. The molecule has 0 spiro atoms. The van der Waals surface area contributed by atoms with Crippen molar-refractivity contribution >= 4 is 52.0 Å². The van der Waals surface area contributed by atoms with Gasteiger partial charge < -0.3 is 10.2 Å². The molecule has 0 atom stereocenters. The van der Waals surface area contributed by atoms with Crippen molar-refractivity contribution in [3.63, 3.8) is 0 Å². The average Bonchev–Trinajstić information content (AvgIpc) is 2.96. The summed E-state index contributed by atoms with van der Waals surface area (Å²) in [6.45, 7) is 2.97. The monoisotopic (exact) mass is 480 g/mol. The lowest BCUT2D eigenvalue weighted by molar-refractivity contribution is -0.946. The Balaban J connectivity index is 1.38. The van der Waals surface area contributed by atoms with Gasteiger partial charge in [0.1, 0.15) is 18.9 Å². The SMILES string of the molecule is C[N+]1(NC(=O)c2cccc(Cl)c2)CCN(C2=Nc3cc(Cl)ccc3Nc3ccccc32)CC1. The lowest BCUT2D eigenvalue weighted by atomic mass is 10.1. The number of hydrogen-bond acceptors (Lipinski definition) is 4. The number of benzene rings is 3. The molecule has 0 radical (unpaired) electrons. The van der Waals surface area contributed by atoms with Gasteiger partial charge in [-0.15, -0.1) is 0 Å². The Labute approximate surface area is 203 Å². The fourth-order valence-corrected chi connectivity index (χ4v) is 4.58. The maximum atomic E-state index is 12.8. The number of fused-ring (bicyclic) bond motifs is 2. The number of piperazine rings is 1. The number of quaternary nitrogens is 1. The van der Waals surface area contributed by atoms with Crippen LogP contribution in [-0.2, 0) is 0 Å². The molecular weight excluding hydrogens is 457 g/mol. The molecule has 3 aromatic carbocycles. The summed E-state index contributed by atoms with van der Waals surface area (Å²) in [5.74, 6) is 0.782. The molecule has 1 amide bonds. The van der Waals surface area contributed by atoms with E-state index in [9.17, 15) is 4.79 Å². The number of nitrogens with zero attached hydrogens (tertiary/aromatic N) is 3. The van der Waals surface area contributed by atoms with Gasteiger partial charge in [0, 0.05) is 26.9 Å². The van der Waals surface area contributed by atoms with Crippen LogP contribution >= 0.6 is 23.2 Å². The highest BCUT2D eigenvalue weighted by molar-refractivity contribution is 6.31. The van der Waals surface area contributed by atoms with Crippen molar-refractivity contribution in [1.82, 2.24) is 10.3 Å². The minimum absolute atomic E-state index is 0.127. The number of hydrogen-bond donors (Lipinski definition) is 2. The number of rotatable bonds is 2. The molecule has 3 aromatic rings. The van der Waals surface area contributed by atoms with Crippen molar-refractivity contribution < 1.29 is 9.39 Å². The second-order valence-corrected chi connectivity index (χ2v) is 9.42. The Hall–Kier alpha value is -3.06. The second-order valence-electron chi connectivity index (χ2n) is 8.55. The Morgan fingerprint density at radius 2 is 1.73 bits per heavy atom. The average molecular weight is 481 g/mol. The predicted molar refractivity (Wildman–Crippen MR) is 134 cm³/mol. The van der Waals surface area contributed by atoms with Crippen LogP contribution in [0.4, 0.5) is 17.1 Å². The van der Waals surface area contributed by atoms with E-state index in [0.717, 1.165) is 54.6 Å². The van der Waals surface area contributed by atoms with Gasteiger partial charge >= 0.3 is 0 Å². The Bertz CT molecular complexity index is 1250. The molecule has 1 fully saturated rings. The zero-order valence-corrected chi connectivity index (χ0v) is 19.7. The number of carbonyl (C=O) groups excluding carboxylic acids is 1. The van der Waals surface area contributed by atoms with Crippen LogP contribution in [0.25, 0.3) is 0 Å². The molecule has 0 saturated carbocycles. The number of anilines is 2. The highest BCUT2D eigenvalue weighted by Crippen LogP contribution is 2.36. The van der Waals surface area contributed by atoms with Crippen LogP contribution in [0.15, 0.2) is 71.7 Å². The van der Waals surface area contributed by atoms with E-state index in [-0.39, 0.29) is 5.91 Å². The molecule has 33 heavy (non-hydrogen) atoms. The summed E-state index contributed by atoms with van der Waals surface area (Å²) in [5.41, 5.74) is 7.51. The standard InChI is InChI=1S/C25H23Cl2N5O/c1-32(30-25(33)17-5-4-6-18(26)15-17)13-11-31(12-14-32)24-20-7-2-3-8-21(20)28-22-10-9-19(27)16-23(22)29-24/h2-10,15-16H,11-14H2,1H3,(H-,28,29,30,33)/p+1. The van der Waals surface area contributed by atoms with Crippen LogP contribution in [0, 0.1) is 0 Å². The molecule has 0 unspecified atom stereocenters. The maximum absolute atomic E-state index is 12.8. The molecule has 0 bridgehead atoms. The van der Waals surface area contributed by atoms with Gasteiger partial charge in [-0.3, -0.25) is 4.79 Å². The van der Waals surface area contributed by atoms with Gasteiger partial charge in [0.05, 0.1) is 31.5 Å². The number of carbonyl (C=O) groups is 1. The normalized spacial score (nSPS) is 16.6. The summed E-state index contributed by atoms with van der Waals surface area (Å²) in [5, 5.41) is 4.69. The molecule has 6 nitrogen and oxygen atoms in total.